The van der Waals surface area contributed by atoms with Gasteiger partial charge in [0.15, 0.2) is 0 Å². The van der Waals surface area contributed by atoms with E-state index < -0.39 is 0 Å². The van der Waals surface area contributed by atoms with E-state index in [1.54, 1.807) is 12.1 Å². The molecule has 0 saturated heterocycles. The van der Waals surface area contributed by atoms with Crippen LogP contribution in [-0.4, -0.2) is 31.6 Å². The van der Waals surface area contributed by atoms with Crippen molar-refractivity contribution in [2.75, 3.05) is 32.0 Å². The number of rotatable bonds is 6. The summed E-state index contributed by atoms with van der Waals surface area (Å²) in [6, 6.07) is 6.66. The predicted molar refractivity (Wildman–Crippen MR) is 79.0 cm³/mol. The maximum absolute atomic E-state index is 13.0. The third kappa shape index (κ3) is 5.19. The van der Waals surface area contributed by atoms with Crippen molar-refractivity contribution in [1.82, 2.24) is 4.90 Å². The average molecular weight is 264 g/mol. The van der Waals surface area contributed by atoms with Gasteiger partial charge in [0, 0.05) is 25.3 Å². The maximum atomic E-state index is 13.0. The van der Waals surface area contributed by atoms with Crippen LogP contribution in [0.5, 0.6) is 0 Å². The topological polar surface area (TPSA) is 15.3 Å². The highest BCUT2D eigenvalue weighted by molar-refractivity contribution is 5.42. The smallest absolute Gasteiger partial charge is 0.125 e. The molecule has 2 rings (SSSR count). The third-order valence-electron chi connectivity index (χ3n) is 3.94. The van der Waals surface area contributed by atoms with E-state index in [2.05, 4.69) is 17.3 Å². The van der Waals surface area contributed by atoms with Gasteiger partial charge in [0.05, 0.1) is 0 Å². The van der Waals surface area contributed by atoms with Crippen LogP contribution < -0.4 is 5.32 Å². The van der Waals surface area contributed by atoms with Crippen LogP contribution in [0.15, 0.2) is 24.3 Å². The second kappa shape index (κ2) is 7.49. The Morgan fingerprint density at radius 1 is 1.26 bits per heavy atom. The summed E-state index contributed by atoms with van der Waals surface area (Å²) in [7, 11) is 2.18. The largest absolute Gasteiger partial charge is 0.384 e. The maximum Gasteiger partial charge on any atom is 0.125 e. The van der Waals surface area contributed by atoms with Gasteiger partial charge in [-0.15, -0.1) is 0 Å². The second-order valence-electron chi connectivity index (χ2n) is 5.70. The zero-order valence-corrected chi connectivity index (χ0v) is 11.9. The van der Waals surface area contributed by atoms with Crippen molar-refractivity contribution in [3.8, 4) is 0 Å². The molecule has 0 unspecified atom stereocenters. The number of nitrogens with one attached hydrogen (secondary N) is 1. The summed E-state index contributed by atoms with van der Waals surface area (Å²) in [6.45, 7) is 3.07. The Hall–Kier alpha value is -1.09. The number of hydrogen-bond acceptors (Lipinski definition) is 2. The fraction of sp³-hybridized carbons (Fsp3) is 0.625. The number of nitrogens with zero attached hydrogens (tertiary/aromatic N) is 1. The molecule has 0 aliphatic heterocycles. The zero-order chi connectivity index (χ0) is 13.5. The van der Waals surface area contributed by atoms with Crippen LogP contribution in [0.3, 0.4) is 0 Å². The second-order valence-corrected chi connectivity index (χ2v) is 5.70. The number of halogens is 1. The van der Waals surface area contributed by atoms with Crippen molar-refractivity contribution in [3.05, 3.63) is 30.1 Å². The highest BCUT2D eigenvalue weighted by atomic mass is 19.1. The minimum absolute atomic E-state index is 0.180. The van der Waals surface area contributed by atoms with E-state index in [9.17, 15) is 4.39 Å². The van der Waals surface area contributed by atoms with Crippen molar-refractivity contribution < 1.29 is 4.39 Å². The molecule has 1 saturated carbocycles. The first-order valence-corrected chi connectivity index (χ1v) is 7.42. The Morgan fingerprint density at radius 3 is 2.79 bits per heavy atom. The Balaban J connectivity index is 1.64. The van der Waals surface area contributed by atoms with Crippen LogP contribution in [0, 0.1) is 11.7 Å². The lowest BCUT2D eigenvalue weighted by molar-refractivity contribution is 0.239. The molecule has 0 bridgehead atoms. The fourth-order valence-corrected chi connectivity index (χ4v) is 2.89. The van der Waals surface area contributed by atoms with Crippen molar-refractivity contribution in [3.63, 3.8) is 0 Å². The highest BCUT2D eigenvalue weighted by Crippen LogP contribution is 2.23. The molecule has 1 fully saturated rings. The van der Waals surface area contributed by atoms with Crippen molar-refractivity contribution >= 4 is 5.69 Å². The highest BCUT2D eigenvalue weighted by Gasteiger charge is 2.14. The van der Waals surface area contributed by atoms with Gasteiger partial charge in [-0.05, 0) is 44.0 Å². The first kappa shape index (κ1) is 14.3. The third-order valence-corrected chi connectivity index (χ3v) is 3.94. The van der Waals surface area contributed by atoms with Gasteiger partial charge < -0.3 is 10.2 Å². The zero-order valence-electron chi connectivity index (χ0n) is 11.9. The fourth-order valence-electron chi connectivity index (χ4n) is 2.89. The van der Waals surface area contributed by atoms with Gasteiger partial charge in [-0.3, -0.25) is 0 Å². The van der Waals surface area contributed by atoms with Gasteiger partial charge in [-0.1, -0.05) is 25.3 Å². The Kier molecular flexibility index (Phi) is 5.64. The molecule has 1 aliphatic carbocycles. The molecule has 2 nitrogen and oxygen atoms in total. The first-order chi connectivity index (χ1) is 9.24. The van der Waals surface area contributed by atoms with E-state index in [0.717, 1.165) is 24.7 Å². The quantitative estimate of drug-likeness (QED) is 0.842. The minimum Gasteiger partial charge on any atom is -0.384 e. The van der Waals surface area contributed by atoms with E-state index in [1.807, 2.05) is 6.07 Å². The number of likely N-dealkylation sites (N-methyl/N-ethyl adjacent to an activating group) is 1. The summed E-state index contributed by atoms with van der Waals surface area (Å²) in [4.78, 5) is 2.39. The van der Waals surface area contributed by atoms with Crippen LogP contribution in [-0.2, 0) is 0 Å². The van der Waals surface area contributed by atoms with Gasteiger partial charge >= 0.3 is 0 Å². The molecule has 1 aromatic rings. The van der Waals surface area contributed by atoms with Gasteiger partial charge in [0.25, 0.3) is 0 Å². The number of anilines is 1. The molecule has 0 spiro atoms. The average Bonchev–Trinajstić information content (AvgIpc) is 2.40. The lowest BCUT2D eigenvalue weighted by Crippen LogP contribution is -2.31. The summed E-state index contributed by atoms with van der Waals surface area (Å²) < 4.78 is 13.0. The van der Waals surface area contributed by atoms with Crippen LogP contribution >= 0.6 is 0 Å². The van der Waals surface area contributed by atoms with E-state index >= 15 is 0 Å². The first-order valence-electron chi connectivity index (χ1n) is 7.42. The molecule has 1 aromatic carbocycles. The van der Waals surface area contributed by atoms with Crippen molar-refractivity contribution in [1.29, 1.82) is 0 Å². The Bertz CT molecular complexity index is 375. The summed E-state index contributed by atoms with van der Waals surface area (Å²) in [5.74, 6) is 0.702. The van der Waals surface area contributed by atoms with Crippen LogP contribution in [0.2, 0.25) is 0 Å². The summed E-state index contributed by atoms with van der Waals surface area (Å²) in [5, 5.41) is 3.27. The lowest BCUT2D eigenvalue weighted by atomic mass is 9.89. The van der Waals surface area contributed by atoms with Gasteiger partial charge in [0.2, 0.25) is 0 Å². The molecule has 0 atom stereocenters. The van der Waals surface area contributed by atoms with Gasteiger partial charge in [-0.25, -0.2) is 4.39 Å². The summed E-state index contributed by atoms with van der Waals surface area (Å²) in [5.41, 5.74) is 0.867. The van der Waals surface area contributed by atoms with Crippen molar-refractivity contribution in [2.45, 2.75) is 32.1 Å². The molecule has 1 N–H and O–H groups in total. The SMILES string of the molecule is CN(CCNc1cccc(F)c1)CC1CCCCC1. The lowest BCUT2D eigenvalue weighted by Gasteiger charge is -2.27. The molecule has 0 aromatic heterocycles. The van der Waals surface area contributed by atoms with Crippen LogP contribution in [0.4, 0.5) is 10.1 Å². The summed E-state index contributed by atoms with van der Waals surface area (Å²) >= 11 is 0. The molecular formula is C16H25FN2. The molecule has 0 heterocycles. The molecule has 0 amide bonds. The Morgan fingerprint density at radius 2 is 2.05 bits per heavy atom. The van der Waals surface area contributed by atoms with Gasteiger partial charge in [0.1, 0.15) is 5.82 Å². The van der Waals surface area contributed by atoms with Gasteiger partial charge in [-0.2, -0.15) is 0 Å². The monoisotopic (exact) mass is 264 g/mol. The van der Waals surface area contributed by atoms with Crippen LogP contribution in [0.25, 0.3) is 0 Å². The number of benzene rings is 1. The summed E-state index contributed by atoms with van der Waals surface area (Å²) in [6.07, 6.45) is 7.00. The minimum atomic E-state index is -0.180. The molecule has 106 valence electrons. The Labute approximate surface area is 116 Å². The van der Waals surface area contributed by atoms with E-state index in [1.165, 1.54) is 44.7 Å². The molecular weight excluding hydrogens is 239 g/mol. The van der Waals surface area contributed by atoms with E-state index in [4.69, 9.17) is 0 Å². The van der Waals surface area contributed by atoms with E-state index in [0.29, 0.717) is 0 Å². The molecule has 19 heavy (non-hydrogen) atoms. The normalized spacial score (nSPS) is 16.8. The van der Waals surface area contributed by atoms with Crippen molar-refractivity contribution in [2.24, 2.45) is 5.92 Å². The standard InChI is InChI=1S/C16H25FN2/c1-19(13-14-6-3-2-4-7-14)11-10-18-16-9-5-8-15(17)12-16/h5,8-9,12,14,18H,2-4,6-7,10-11,13H2,1H3. The molecule has 1 aliphatic rings. The van der Waals surface area contributed by atoms with E-state index in [-0.39, 0.29) is 5.82 Å². The van der Waals surface area contributed by atoms with Crippen LogP contribution in [0.1, 0.15) is 32.1 Å². The number of hydrogen-bond donors (Lipinski definition) is 1. The predicted octanol–water partition coefficient (Wildman–Crippen LogP) is 3.75. The molecule has 0 radical (unpaired) electrons. The molecule has 3 heteroatoms.